The van der Waals surface area contributed by atoms with Gasteiger partial charge in [0.25, 0.3) is 0 Å². The fraction of sp³-hybridized carbons (Fsp3) is 0.611. The molecule has 1 aliphatic carbocycles. The average molecular weight is 302 g/mol. The number of nitrogens with one attached hydrogen (secondary N) is 1. The van der Waals surface area contributed by atoms with E-state index >= 15 is 0 Å². The Morgan fingerprint density at radius 1 is 1.23 bits per heavy atom. The first kappa shape index (κ1) is 15.3. The van der Waals surface area contributed by atoms with Gasteiger partial charge in [-0.1, -0.05) is 30.3 Å². The molecule has 1 aliphatic heterocycles. The van der Waals surface area contributed by atoms with E-state index in [0.717, 1.165) is 37.7 Å². The van der Waals surface area contributed by atoms with Gasteiger partial charge in [-0.05, 0) is 50.1 Å². The summed E-state index contributed by atoms with van der Waals surface area (Å²) in [4.78, 5) is 14.1. The first-order chi connectivity index (χ1) is 10.8. The van der Waals surface area contributed by atoms with Crippen molar-refractivity contribution in [3.8, 4) is 0 Å². The number of carbonyl (C=O) groups excluding carboxylic acids is 1. The molecular weight excluding hydrogens is 276 g/mol. The van der Waals surface area contributed by atoms with Crippen LogP contribution in [0.25, 0.3) is 0 Å². The van der Waals surface area contributed by atoms with Gasteiger partial charge in [-0.2, -0.15) is 0 Å². The van der Waals surface area contributed by atoms with Crippen LogP contribution >= 0.6 is 0 Å². The lowest BCUT2D eigenvalue weighted by Crippen LogP contribution is -2.41. The maximum Gasteiger partial charge on any atom is 0.410 e. The molecular formula is C18H26N2O2. The van der Waals surface area contributed by atoms with E-state index in [1.807, 2.05) is 35.2 Å². The van der Waals surface area contributed by atoms with Crippen LogP contribution in [0.5, 0.6) is 0 Å². The Hall–Kier alpha value is -1.55. The van der Waals surface area contributed by atoms with Crippen molar-refractivity contribution >= 4 is 6.09 Å². The SMILES string of the molecule is O=C(OCc1ccccc1)N1CCCC(CCNC2CC2)C1. The predicted octanol–water partition coefficient (Wildman–Crippen LogP) is 3.18. The third-order valence-electron chi connectivity index (χ3n) is 4.55. The van der Waals surface area contributed by atoms with E-state index in [4.69, 9.17) is 4.74 Å². The van der Waals surface area contributed by atoms with Gasteiger partial charge in [0.1, 0.15) is 6.61 Å². The first-order valence-electron chi connectivity index (χ1n) is 8.50. The molecule has 3 rings (SSSR count). The van der Waals surface area contributed by atoms with Gasteiger partial charge in [0.05, 0.1) is 0 Å². The number of hydrogen-bond acceptors (Lipinski definition) is 3. The zero-order valence-electron chi connectivity index (χ0n) is 13.2. The molecule has 1 N–H and O–H groups in total. The second-order valence-corrected chi connectivity index (χ2v) is 6.51. The molecule has 1 saturated heterocycles. The van der Waals surface area contributed by atoms with Gasteiger partial charge >= 0.3 is 6.09 Å². The van der Waals surface area contributed by atoms with Crippen LogP contribution in [0.1, 0.15) is 37.7 Å². The lowest BCUT2D eigenvalue weighted by molar-refractivity contribution is 0.0780. The molecule has 1 unspecified atom stereocenters. The summed E-state index contributed by atoms with van der Waals surface area (Å²) >= 11 is 0. The summed E-state index contributed by atoms with van der Waals surface area (Å²) in [5.74, 6) is 0.615. The fourth-order valence-corrected chi connectivity index (χ4v) is 3.06. The second kappa shape index (κ2) is 7.63. The van der Waals surface area contributed by atoms with Crippen molar-refractivity contribution in [1.82, 2.24) is 10.2 Å². The molecule has 1 aromatic rings. The van der Waals surface area contributed by atoms with Crippen LogP contribution < -0.4 is 5.32 Å². The maximum absolute atomic E-state index is 12.2. The Morgan fingerprint density at radius 2 is 2.05 bits per heavy atom. The molecule has 4 heteroatoms. The fourth-order valence-electron chi connectivity index (χ4n) is 3.06. The van der Waals surface area contributed by atoms with Crippen LogP contribution in [0.3, 0.4) is 0 Å². The third-order valence-corrected chi connectivity index (χ3v) is 4.55. The van der Waals surface area contributed by atoms with Gasteiger partial charge in [-0.25, -0.2) is 4.79 Å². The summed E-state index contributed by atoms with van der Waals surface area (Å²) in [6.07, 6.45) is 6.00. The van der Waals surface area contributed by atoms with E-state index in [-0.39, 0.29) is 6.09 Å². The number of nitrogens with zero attached hydrogens (tertiary/aromatic N) is 1. The summed E-state index contributed by atoms with van der Waals surface area (Å²) < 4.78 is 5.44. The molecule has 2 aliphatic rings. The molecule has 1 amide bonds. The number of ether oxygens (including phenoxy) is 1. The van der Waals surface area contributed by atoms with Crippen LogP contribution in [0.15, 0.2) is 30.3 Å². The van der Waals surface area contributed by atoms with Gasteiger partial charge in [0.15, 0.2) is 0 Å². The molecule has 1 saturated carbocycles. The monoisotopic (exact) mass is 302 g/mol. The first-order valence-corrected chi connectivity index (χ1v) is 8.50. The average Bonchev–Trinajstić information content (AvgIpc) is 3.38. The third kappa shape index (κ3) is 4.73. The number of hydrogen-bond donors (Lipinski definition) is 1. The molecule has 1 atom stereocenters. The van der Waals surface area contributed by atoms with Crippen molar-refractivity contribution in [2.24, 2.45) is 5.92 Å². The van der Waals surface area contributed by atoms with Crippen LogP contribution in [-0.2, 0) is 11.3 Å². The molecule has 0 spiro atoms. The van der Waals surface area contributed by atoms with Crippen molar-refractivity contribution < 1.29 is 9.53 Å². The Kier molecular flexibility index (Phi) is 5.33. The van der Waals surface area contributed by atoms with E-state index in [1.165, 1.54) is 25.7 Å². The molecule has 1 heterocycles. The highest BCUT2D eigenvalue weighted by atomic mass is 16.6. The van der Waals surface area contributed by atoms with Crippen LogP contribution in [0.4, 0.5) is 4.79 Å². The minimum atomic E-state index is -0.163. The normalized spacial score (nSPS) is 21.6. The lowest BCUT2D eigenvalue weighted by atomic mass is 9.95. The van der Waals surface area contributed by atoms with Gasteiger partial charge in [0, 0.05) is 19.1 Å². The van der Waals surface area contributed by atoms with E-state index in [2.05, 4.69) is 5.32 Å². The molecule has 1 aromatic carbocycles. The van der Waals surface area contributed by atoms with Crippen molar-refractivity contribution in [3.63, 3.8) is 0 Å². The second-order valence-electron chi connectivity index (χ2n) is 6.51. The van der Waals surface area contributed by atoms with Crippen molar-refractivity contribution in [1.29, 1.82) is 0 Å². The number of likely N-dealkylation sites (tertiary alicyclic amines) is 1. The quantitative estimate of drug-likeness (QED) is 0.877. The number of benzene rings is 1. The van der Waals surface area contributed by atoms with Crippen molar-refractivity contribution in [3.05, 3.63) is 35.9 Å². The number of piperidine rings is 1. The summed E-state index contributed by atoms with van der Waals surface area (Å²) in [6, 6.07) is 10.6. The summed E-state index contributed by atoms with van der Waals surface area (Å²) in [5.41, 5.74) is 1.04. The van der Waals surface area contributed by atoms with E-state index < -0.39 is 0 Å². The maximum atomic E-state index is 12.2. The molecule has 22 heavy (non-hydrogen) atoms. The summed E-state index contributed by atoms with van der Waals surface area (Å²) in [6.45, 7) is 3.13. The number of amides is 1. The molecule has 4 nitrogen and oxygen atoms in total. The zero-order valence-corrected chi connectivity index (χ0v) is 13.2. The Balaban J connectivity index is 1.39. The van der Waals surface area contributed by atoms with E-state index in [0.29, 0.717) is 12.5 Å². The number of rotatable bonds is 6. The van der Waals surface area contributed by atoms with Gasteiger partial charge in [-0.3, -0.25) is 0 Å². The lowest BCUT2D eigenvalue weighted by Gasteiger charge is -2.32. The van der Waals surface area contributed by atoms with E-state index in [9.17, 15) is 4.79 Å². The Labute approximate surface area is 132 Å². The molecule has 0 radical (unpaired) electrons. The smallest absolute Gasteiger partial charge is 0.410 e. The Morgan fingerprint density at radius 3 is 2.82 bits per heavy atom. The van der Waals surface area contributed by atoms with Crippen molar-refractivity contribution in [2.45, 2.75) is 44.8 Å². The van der Waals surface area contributed by atoms with Crippen LogP contribution in [0, 0.1) is 5.92 Å². The Bertz CT molecular complexity index is 473. The topological polar surface area (TPSA) is 41.6 Å². The molecule has 0 aromatic heterocycles. The molecule has 120 valence electrons. The minimum absolute atomic E-state index is 0.163. The molecule has 2 fully saturated rings. The number of carbonyl (C=O) groups is 1. The van der Waals surface area contributed by atoms with Crippen LogP contribution in [0.2, 0.25) is 0 Å². The highest BCUT2D eigenvalue weighted by Crippen LogP contribution is 2.22. The summed E-state index contributed by atoms with van der Waals surface area (Å²) in [5, 5.41) is 3.56. The van der Waals surface area contributed by atoms with Crippen molar-refractivity contribution in [2.75, 3.05) is 19.6 Å². The zero-order chi connectivity index (χ0) is 15.2. The van der Waals surface area contributed by atoms with Gasteiger partial charge in [0.2, 0.25) is 0 Å². The predicted molar refractivity (Wildman–Crippen MR) is 86.6 cm³/mol. The van der Waals surface area contributed by atoms with Gasteiger partial charge < -0.3 is 15.0 Å². The van der Waals surface area contributed by atoms with Gasteiger partial charge in [-0.15, -0.1) is 0 Å². The standard InChI is InChI=1S/C18H26N2O2/c21-18(22-14-16-5-2-1-3-6-16)20-12-4-7-15(13-20)10-11-19-17-8-9-17/h1-3,5-6,15,17,19H,4,7-14H2. The minimum Gasteiger partial charge on any atom is -0.445 e. The highest BCUT2D eigenvalue weighted by molar-refractivity contribution is 5.67. The largest absolute Gasteiger partial charge is 0.445 e. The van der Waals surface area contributed by atoms with Crippen LogP contribution in [-0.4, -0.2) is 36.7 Å². The van der Waals surface area contributed by atoms with E-state index in [1.54, 1.807) is 0 Å². The molecule has 0 bridgehead atoms. The summed E-state index contributed by atoms with van der Waals surface area (Å²) in [7, 11) is 0. The highest BCUT2D eigenvalue weighted by Gasteiger charge is 2.25.